The summed E-state index contributed by atoms with van der Waals surface area (Å²) in [6.45, 7) is 4.86. The Morgan fingerprint density at radius 2 is 1.62 bits per heavy atom. The van der Waals surface area contributed by atoms with Crippen LogP contribution < -0.4 is 10.6 Å². The lowest BCUT2D eigenvalue weighted by Gasteiger charge is -2.12. The fourth-order valence-electron chi connectivity index (χ4n) is 2.98. The summed E-state index contributed by atoms with van der Waals surface area (Å²) in [4.78, 5) is 13.6. The summed E-state index contributed by atoms with van der Waals surface area (Å²) >= 11 is 0. The Morgan fingerprint density at radius 1 is 0.793 bits per heavy atom. The van der Waals surface area contributed by atoms with Crippen molar-refractivity contribution >= 4 is 17.3 Å². The fourth-order valence-corrected chi connectivity index (χ4v) is 2.98. The first-order valence-electron chi connectivity index (χ1n) is 9.59. The van der Waals surface area contributed by atoms with Crippen LogP contribution in [0.1, 0.15) is 16.7 Å². The summed E-state index contributed by atoms with van der Waals surface area (Å²) in [5.41, 5.74) is 5.57. The lowest BCUT2D eigenvalue weighted by Crippen LogP contribution is -2.05. The number of nitrogens with one attached hydrogen (secondary N) is 2. The van der Waals surface area contributed by atoms with Crippen molar-refractivity contribution in [3.8, 4) is 11.4 Å². The van der Waals surface area contributed by atoms with Gasteiger partial charge in [-0.25, -0.2) is 9.97 Å². The van der Waals surface area contributed by atoms with E-state index in [-0.39, 0.29) is 0 Å². The molecule has 0 saturated carbocycles. The Bertz CT molecular complexity index is 1090. The Morgan fingerprint density at radius 3 is 2.38 bits per heavy atom. The molecule has 0 aliphatic heterocycles. The summed E-state index contributed by atoms with van der Waals surface area (Å²) in [5.74, 6) is 2.18. The minimum absolute atomic E-state index is 0.641. The van der Waals surface area contributed by atoms with Gasteiger partial charge in [0.05, 0.1) is 0 Å². The molecule has 4 aromatic rings. The van der Waals surface area contributed by atoms with E-state index >= 15 is 0 Å². The first kappa shape index (κ1) is 18.6. The topological polar surface area (TPSA) is 62.7 Å². The minimum atomic E-state index is 0.641. The summed E-state index contributed by atoms with van der Waals surface area (Å²) in [7, 11) is 0. The number of benzene rings is 2. The maximum atomic E-state index is 4.73. The molecular weight excluding hydrogens is 358 g/mol. The van der Waals surface area contributed by atoms with E-state index in [1.807, 2.05) is 54.7 Å². The third-order valence-corrected chi connectivity index (χ3v) is 4.73. The monoisotopic (exact) mass is 381 g/mol. The number of pyridine rings is 1. The molecule has 0 bridgehead atoms. The van der Waals surface area contributed by atoms with Gasteiger partial charge in [-0.3, -0.25) is 4.98 Å². The molecule has 0 aliphatic rings. The SMILES string of the molecule is Cc1ccc(Nc2cc(NCc3cccnc3)nc(-c3ccccc3)n2)cc1C. The van der Waals surface area contributed by atoms with Gasteiger partial charge in [0.2, 0.25) is 0 Å². The highest BCUT2D eigenvalue weighted by molar-refractivity contribution is 5.65. The van der Waals surface area contributed by atoms with Gasteiger partial charge in [-0.15, -0.1) is 0 Å². The quantitative estimate of drug-likeness (QED) is 0.461. The normalized spacial score (nSPS) is 10.6. The third-order valence-electron chi connectivity index (χ3n) is 4.73. The number of aromatic nitrogens is 3. The van der Waals surface area contributed by atoms with Crippen molar-refractivity contribution in [1.82, 2.24) is 15.0 Å². The largest absolute Gasteiger partial charge is 0.366 e. The highest BCUT2D eigenvalue weighted by atomic mass is 15.1. The molecule has 0 amide bonds. The molecule has 4 rings (SSSR count). The van der Waals surface area contributed by atoms with Gasteiger partial charge in [-0.2, -0.15) is 0 Å². The Kier molecular flexibility index (Phi) is 5.47. The van der Waals surface area contributed by atoms with Gasteiger partial charge < -0.3 is 10.6 Å². The average Bonchev–Trinajstić information content (AvgIpc) is 2.76. The summed E-state index contributed by atoms with van der Waals surface area (Å²) in [6.07, 6.45) is 3.62. The van der Waals surface area contributed by atoms with Crippen molar-refractivity contribution in [3.63, 3.8) is 0 Å². The highest BCUT2D eigenvalue weighted by Gasteiger charge is 2.08. The van der Waals surface area contributed by atoms with Crippen molar-refractivity contribution in [3.05, 3.63) is 95.8 Å². The third kappa shape index (κ3) is 4.76. The second-order valence-electron chi connectivity index (χ2n) is 6.97. The van der Waals surface area contributed by atoms with E-state index in [2.05, 4.69) is 47.7 Å². The Balaban J connectivity index is 1.64. The van der Waals surface area contributed by atoms with E-state index in [0.717, 1.165) is 28.5 Å². The van der Waals surface area contributed by atoms with Crippen LogP contribution in [0.4, 0.5) is 17.3 Å². The summed E-state index contributed by atoms with van der Waals surface area (Å²) < 4.78 is 0. The maximum Gasteiger partial charge on any atom is 0.163 e. The first-order chi connectivity index (χ1) is 14.2. The molecule has 2 aromatic heterocycles. The molecule has 0 spiro atoms. The van der Waals surface area contributed by atoms with Crippen molar-refractivity contribution in [2.45, 2.75) is 20.4 Å². The van der Waals surface area contributed by atoms with Crippen LogP contribution in [0.5, 0.6) is 0 Å². The molecule has 144 valence electrons. The van der Waals surface area contributed by atoms with Crippen molar-refractivity contribution in [2.24, 2.45) is 0 Å². The van der Waals surface area contributed by atoms with Crippen LogP contribution >= 0.6 is 0 Å². The summed E-state index contributed by atoms with van der Waals surface area (Å²) in [5, 5.41) is 6.80. The molecule has 0 saturated heterocycles. The molecule has 2 aromatic carbocycles. The Labute approximate surface area is 170 Å². The number of aryl methyl sites for hydroxylation is 2. The molecule has 5 heteroatoms. The van der Waals surface area contributed by atoms with Crippen LogP contribution in [0, 0.1) is 13.8 Å². The number of hydrogen-bond donors (Lipinski definition) is 2. The second kappa shape index (κ2) is 8.52. The zero-order chi connectivity index (χ0) is 20.1. The molecular formula is C24H23N5. The van der Waals surface area contributed by atoms with Gasteiger partial charge in [0, 0.05) is 36.3 Å². The highest BCUT2D eigenvalue weighted by Crippen LogP contribution is 2.24. The number of rotatable bonds is 6. The van der Waals surface area contributed by atoms with Crippen LogP contribution in [0.25, 0.3) is 11.4 Å². The number of anilines is 3. The Hall–Kier alpha value is -3.73. The van der Waals surface area contributed by atoms with Crippen LogP contribution in [0.2, 0.25) is 0 Å². The zero-order valence-electron chi connectivity index (χ0n) is 16.6. The van der Waals surface area contributed by atoms with Crippen LogP contribution in [0.3, 0.4) is 0 Å². The smallest absolute Gasteiger partial charge is 0.163 e. The second-order valence-corrected chi connectivity index (χ2v) is 6.97. The van der Waals surface area contributed by atoms with E-state index in [1.165, 1.54) is 11.1 Å². The van der Waals surface area contributed by atoms with Crippen molar-refractivity contribution in [1.29, 1.82) is 0 Å². The van der Waals surface area contributed by atoms with Crippen molar-refractivity contribution < 1.29 is 0 Å². The maximum absolute atomic E-state index is 4.73. The fraction of sp³-hybridized carbons (Fsp3) is 0.125. The standard InChI is InChI=1S/C24H23N5/c1-17-10-11-21(13-18(17)2)27-23-14-22(26-16-19-7-6-12-25-15-19)28-24(29-23)20-8-4-3-5-9-20/h3-15H,16H2,1-2H3,(H2,26,27,28,29). The van der Waals surface area contributed by atoms with Crippen LogP contribution in [-0.4, -0.2) is 15.0 Å². The van der Waals surface area contributed by atoms with Crippen LogP contribution in [0.15, 0.2) is 79.1 Å². The first-order valence-corrected chi connectivity index (χ1v) is 9.59. The minimum Gasteiger partial charge on any atom is -0.366 e. The van der Waals surface area contributed by atoms with E-state index in [1.54, 1.807) is 6.20 Å². The molecule has 0 unspecified atom stereocenters. The number of hydrogen-bond acceptors (Lipinski definition) is 5. The molecule has 2 N–H and O–H groups in total. The molecule has 2 heterocycles. The van der Waals surface area contributed by atoms with Gasteiger partial charge in [-0.1, -0.05) is 42.5 Å². The molecule has 0 radical (unpaired) electrons. The molecule has 0 atom stereocenters. The number of nitrogens with zero attached hydrogens (tertiary/aromatic N) is 3. The zero-order valence-corrected chi connectivity index (χ0v) is 16.6. The predicted octanol–water partition coefficient (Wildman–Crippen LogP) is 5.51. The molecule has 0 fully saturated rings. The van der Waals surface area contributed by atoms with Gasteiger partial charge in [0.1, 0.15) is 11.6 Å². The molecule has 29 heavy (non-hydrogen) atoms. The van der Waals surface area contributed by atoms with E-state index in [9.17, 15) is 0 Å². The van der Waals surface area contributed by atoms with Gasteiger partial charge in [0.25, 0.3) is 0 Å². The molecule has 5 nitrogen and oxygen atoms in total. The van der Waals surface area contributed by atoms with E-state index < -0.39 is 0 Å². The lowest BCUT2D eigenvalue weighted by molar-refractivity contribution is 1.07. The predicted molar refractivity (Wildman–Crippen MR) is 118 cm³/mol. The van der Waals surface area contributed by atoms with Gasteiger partial charge >= 0.3 is 0 Å². The van der Waals surface area contributed by atoms with Gasteiger partial charge in [0.15, 0.2) is 5.82 Å². The average molecular weight is 381 g/mol. The van der Waals surface area contributed by atoms with E-state index in [0.29, 0.717) is 12.4 Å². The summed E-state index contributed by atoms with van der Waals surface area (Å²) in [6, 6.07) is 22.2. The van der Waals surface area contributed by atoms with E-state index in [4.69, 9.17) is 9.97 Å². The van der Waals surface area contributed by atoms with Crippen molar-refractivity contribution in [2.75, 3.05) is 10.6 Å². The lowest BCUT2D eigenvalue weighted by atomic mass is 10.1. The van der Waals surface area contributed by atoms with Crippen LogP contribution in [-0.2, 0) is 6.54 Å². The molecule has 0 aliphatic carbocycles. The van der Waals surface area contributed by atoms with Gasteiger partial charge in [-0.05, 0) is 48.7 Å².